The molecule has 2 heterocycles. The van der Waals surface area contributed by atoms with Crippen molar-refractivity contribution >= 4 is 23.0 Å². The van der Waals surface area contributed by atoms with Gasteiger partial charge in [-0.2, -0.15) is 0 Å². The molecule has 0 fully saturated rings. The average Bonchev–Trinajstić information content (AvgIpc) is 2.86. The van der Waals surface area contributed by atoms with Crippen LogP contribution in [0.3, 0.4) is 0 Å². The van der Waals surface area contributed by atoms with Gasteiger partial charge in [0.05, 0.1) is 17.7 Å². The summed E-state index contributed by atoms with van der Waals surface area (Å²) in [5.41, 5.74) is 6.58. The van der Waals surface area contributed by atoms with E-state index in [4.69, 9.17) is 5.84 Å². The van der Waals surface area contributed by atoms with E-state index >= 15 is 0 Å². The summed E-state index contributed by atoms with van der Waals surface area (Å²) in [6.07, 6.45) is 1.85. The molecular formula is C14H22N6S. The van der Waals surface area contributed by atoms with Crippen LogP contribution in [-0.4, -0.2) is 22.0 Å². The van der Waals surface area contributed by atoms with Crippen LogP contribution in [0.25, 0.3) is 0 Å². The lowest BCUT2D eigenvalue weighted by Crippen LogP contribution is -2.22. The maximum atomic E-state index is 5.58. The van der Waals surface area contributed by atoms with Gasteiger partial charge in [-0.3, -0.25) is 0 Å². The Morgan fingerprint density at radius 3 is 2.67 bits per heavy atom. The van der Waals surface area contributed by atoms with Gasteiger partial charge in [0.25, 0.3) is 0 Å². The second kappa shape index (κ2) is 6.82. The van der Waals surface area contributed by atoms with E-state index in [9.17, 15) is 0 Å². The number of nitrogens with zero attached hydrogens (tertiary/aromatic N) is 4. The Balaban J connectivity index is 2.32. The monoisotopic (exact) mass is 306 g/mol. The van der Waals surface area contributed by atoms with Gasteiger partial charge in [0.2, 0.25) is 0 Å². The summed E-state index contributed by atoms with van der Waals surface area (Å²) in [5.74, 6) is 8.00. The third-order valence-electron chi connectivity index (χ3n) is 3.36. The number of rotatable bonds is 6. The van der Waals surface area contributed by atoms with Crippen LogP contribution >= 0.6 is 11.3 Å². The van der Waals surface area contributed by atoms with Crippen LogP contribution in [0.1, 0.15) is 35.3 Å². The third-order valence-corrected chi connectivity index (χ3v) is 4.28. The molecule has 0 aliphatic heterocycles. The van der Waals surface area contributed by atoms with Gasteiger partial charge in [-0.05, 0) is 20.3 Å². The first-order valence-electron chi connectivity index (χ1n) is 7.01. The summed E-state index contributed by atoms with van der Waals surface area (Å²) in [7, 11) is 2.03. The number of hydrogen-bond acceptors (Lipinski definition) is 7. The first kappa shape index (κ1) is 15.7. The molecule has 6 nitrogen and oxygen atoms in total. The molecule has 2 rings (SSSR count). The van der Waals surface area contributed by atoms with Crippen LogP contribution in [0.4, 0.5) is 11.6 Å². The summed E-state index contributed by atoms with van der Waals surface area (Å²) >= 11 is 1.67. The smallest absolute Gasteiger partial charge is 0.148 e. The number of nitrogens with one attached hydrogen (secondary N) is 1. The lowest BCUT2D eigenvalue weighted by atomic mass is 10.2. The van der Waals surface area contributed by atoms with E-state index < -0.39 is 0 Å². The average molecular weight is 306 g/mol. The standard InChI is InChI=1S/C14H22N6S/c1-5-6-12-17-13(19-15)9(2)14(18-12)20(4)7-11-10(3)16-8-21-11/h8H,5-7,15H2,1-4H3,(H,17,18,19). The minimum Gasteiger partial charge on any atom is -0.354 e. The molecule has 0 aliphatic carbocycles. The molecule has 0 saturated carbocycles. The van der Waals surface area contributed by atoms with Crippen molar-refractivity contribution in [2.75, 3.05) is 17.4 Å². The molecule has 0 saturated heterocycles. The number of thiazole rings is 1. The summed E-state index contributed by atoms with van der Waals surface area (Å²) in [6, 6.07) is 0. The molecule has 2 aromatic heterocycles. The van der Waals surface area contributed by atoms with Crippen LogP contribution in [0.15, 0.2) is 5.51 Å². The molecular weight excluding hydrogens is 284 g/mol. The number of hydrazine groups is 1. The number of nitrogens with two attached hydrogens (primary N) is 1. The second-order valence-electron chi connectivity index (χ2n) is 5.05. The maximum Gasteiger partial charge on any atom is 0.148 e. The maximum absolute atomic E-state index is 5.58. The van der Waals surface area contributed by atoms with Crippen molar-refractivity contribution in [2.45, 2.75) is 40.2 Å². The van der Waals surface area contributed by atoms with Crippen LogP contribution in [0.2, 0.25) is 0 Å². The molecule has 2 aromatic rings. The van der Waals surface area contributed by atoms with Gasteiger partial charge in [0, 0.05) is 23.9 Å². The minimum absolute atomic E-state index is 0.691. The van der Waals surface area contributed by atoms with Gasteiger partial charge in [-0.25, -0.2) is 20.8 Å². The molecule has 21 heavy (non-hydrogen) atoms. The van der Waals surface area contributed by atoms with Crippen LogP contribution in [0, 0.1) is 13.8 Å². The van der Waals surface area contributed by atoms with Crippen molar-refractivity contribution in [1.29, 1.82) is 0 Å². The zero-order valence-corrected chi connectivity index (χ0v) is 13.8. The number of hydrogen-bond donors (Lipinski definition) is 2. The summed E-state index contributed by atoms with van der Waals surface area (Å²) in [5, 5.41) is 0. The van der Waals surface area contributed by atoms with E-state index in [1.807, 2.05) is 26.4 Å². The number of anilines is 2. The van der Waals surface area contributed by atoms with Crippen molar-refractivity contribution in [2.24, 2.45) is 5.84 Å². The zero-order valence-electron chi connectivity index (χ0n) is 13.0. The Hall–Kier alpha value is -1.73. The normalized spacial score (nSPS) is 10.7. The molecule has 0 atom stereocenters. The van der Waals surface area contributed by atoms with Gasteiger partial charge in [-0.15, -0.1) is 11.3 Å². The molecule has 0 amide bonds. The quantitative estimate of drug-likeness (QED) is 0.630. The SMILES string of the molecule is CCCc1nc(NN)c(C)c(N(C)Cc2scnc2C)n1. The predicted octanol–water partition coefficient (Wildman–Crippen LogP) is 2.42. The Labute approximate surface area is 129 Å². The highest BCUT2D eigenvalue weighted by Gasteiger charge is 2.15. The summed E-state index contributed by atoms with van der Waals surface area (Å²) in [6.45, 7) is 6.91. The topological polar surface area (TPSA) is 80.0 Å². The minimum atomic E-state index is 0.691. The largest absolute Gasteiger partial charge is 0.354 e. The molecule has 0 aliphatic rings. The van der Waals surface area contributed by atoms with Gasteiger partial charge < -0.3 is 10.3 Å². The van der Waals surface area contributed by atoms with Crippen molar-refractivity contribution in [3.63, 3.8) is 0 Å². The van der Waals surface area contributed by atoms with E-state index in [1.165, 1.54) is 4.88 Å². The van der Waals surface area contributed by atoms with Crippen LogP contribution < -0.4 is 16.2 Å². The van der Waals surface area contributed by atoms with Gasteiger partial charge in [0.15, 0.2) is 0 Å². The van der Waals surface area contributed by atoms with E-state index in [0.717, 1.165) is 42.3 Å². The van der Waals surface area contributed by atoms with Crippen molar-refractivity contribution in [3.05, 3.63) is 27.5 Å². The number of aromatic nitrogens is 3. The Morgan fingerprint density at radius 2 is 2.10 bits per heavy atom. The number of aryl methyl sites for hydroxylation is 2. The first-order chi connectivity index (χ1) is 10.1. The Morgan fingerprint density at radius 1 is 1.33 bits per heavy atom. The lowest BCUT2D eigenvalue weighted by molar-refractivity contribution is 0.807. The van der Waals surface area contributed by atoms with Crippen molar-refractivity contribution < 1.29 is 0 Å². The Bertz CT molecular complexity index is 610. The lowest BCUT2D eigenvalue weighted by Gasteiger charge is -2.21. The van der Waals surface area contributed by atoms with Crippen molar-refractivity contribution in [3.8, 4) is 0 Å². The highest BCUT2D eigenvalue weighted by molar-refractivity contribution is 7.09. The highest BCUT2D eigenvalue weighted by atomic mass is 32.1. The van der Waals surface area contributed by atoms with Gasteiger partial charge >= 0.3 is 0 Å². The van der Waals surface area contributed by atoms with Crippen molar-refractivity contribution in [1.82, 2.24) is 15.0 Å². The molecule has 0 aromatic carbocycles. The molecule has 0 bridgehead atoms. The fourth-order valence-electron chi connectivity index (χ4n) is 2.17. The summed E-state index contributed by atoms with van der Waals surface area (Å²) in [4.78, 5) is 16.8. The van der Waals surface area contributed by atoms with Crippen LogP contribution in [0.5, 0.6) is 0 Å². The first-order valence-corrected chi connectivity index (χ1v) is 7.89. The fourth-order valence-corrected chi connectivity index (χ4v) is 3.00. The predicted molar refractivity (Wildman–Crippen MR) is 87.5 cm³/mol. The molecule has 7 heteroatoms. The van der Waals surface area contributed by atoms with Crippen LogP contribution in [-0.2, 0) is 13.0 Å². The molecule has 0 spiro atoms. The highest BCUT2D eigenvalue weighted by Crippen LogP contribution is 2.25. The second-order valence-corrected chi connectivity index (χ2v) is 5.99. The van der Waals surface area contributed by atoms with E-state index in [2.05, 4.69) is 32.2 Å². The third kappa shape index (κ3) is 3.48. The van der Waals surface area contributed by atoms with E-state index in [1.54, 1.807) is 11.3 Å². The fraction of sp³-hybridized carbons (Fsp3) is 0.500. The molecule has 3 N–H and O–H groups in total. The van der Waals surface area contributed by atoms with Gasteiger partial charge in [-0.1, -0.05) is 6.92 Å². The number of nitrogen functional groups attached to an aromatic ring is 1. The summed E-state index contributed by atoms with van der Waals surface area (Å²) < 4.78 is 0. The zero-order chi connectivity index (χ0) is 15.4. The molecule has 114 valence electrons. The molecule has 0 unspecified atom stereocenters. The van der Waals surface area contributed by atoms with E-state index in [0.29, 0.717) is 5.82 Å². The Kier molecular flexibility index (Phi) is 5.08. The van der Waals surface area contributed by atoms with Gasteiger partial charge in [0.1, 0.15) is 17.5 Å². The molecule has 0 radical (unpaired) electrons. The van der Waals surface area contributed by atoms with E-state index in [-0.39, 0.29) is 0 Å².